The molecule has 0 saturated heterocycles. The Bertz CT molecular complexity index is 2610. The molecule has 0 amide bonds. The molecule has 202 valence electrons. The monoisotopic (exact) mass is 570 g/mol. The van der Waals surface area contributed by atoms with Gasteiger partial charge in [-0.3, -0.25) is 9.38 Å². The minimum Gasteiger partial charge on any atom is -0.309 e. The molecule has 0 aliphatic carbocycles. The van der Waals surface area contributed by atoms with Crippen LogP contribution in [-0.2, 0) is 4.57 Å². The fourth-order valence-electron chi connectivity index (χ4n) is 6.39. The number of nitrogens with zero attached hydrogens (tertiary/aromatic N) is 4. The van der Waals surface area contributed by atoms with E-state index < -0.39 is 7.14 Å². The lowest BCUT2D eigenvalue weighted by atomic mass is 10.1. The van der Waals surface area contributed by atoms with E-state index in [9.17, 15) is 0 Å². The van der Waals surface area contributed by atoms with Gasteiger partial charge in [0.15, 0.2) is 7.14 Å². The van der Waals surface area contributed by atoms with E-state index in [1.165, 1.54) is 0 Å². The van der Waals surface area contributed by atoms with Crippen molar-refractivity contribution in [3.8, 4) is 0 Å². The van der Waals surface area contributed by atoms with Gasteiger partial charge in [-0.1, -0.05) is 84.9 Å². The predicted molar refractivity (Wildman–Crippen MR) is 178 cm³/mol. The van der Waals surface area contributed by atoms with Gasteiger partial charge in [-0.2, -0.15) is 0 Å². The highest BCUT2D eigenvalue weighted by molar-refractivity contribution is 7.85. The van der Waals surface area contributed by atoms with Crippen LogP contribution in [0.5, 0.6) is 0 Å². The molecule has 0 fully saturated rings. The van der Waals surface area contributed by atoms with Gasteiger partial charge < -0.3 is 4.57 Å². The highest BCUT2D eigenvalue weighted by Crippen LogP contribution is 2.44. The van der Waals surface area contributed by atoms with Crippen LogP contribution in [0.4, 0.5) is 0 Å². The molecule has 43 heavy (non-hydrogen) atoms. The minimum absolute atomic E-state index is 0.738. The normalized spacial score (nSPS) is 13.4. The number of rotatable bonds is 3. The Labute approximate surface area is 246 Å². The van der Waals surface area contributed by atoms with Crippen LogP contribution in [0.25, 0.3) is 60.3 Å². The van der Waals surface area contributed by atoms with Crippen LogP contribution >= 0.6 is 7.14 Å². The first kappa shape index (κ1) is 24.2. The summed E-state index contributed by atoms with van der Waals surface area (Å²) in [4.78, 5) is 14.8. The lowest BCUT2D eigenvalue weighted by Gasteiger charge is -2.20. The summed E-state index contributed by atoms with van der Waals surface area (Å²) in [5.41, 5.74) is 6.33. The molecule has 4 aromatic heterocycles. The summed E-state index contributed by atoms with van der Waals surface area (Å²) < 4.78 is 17.6. The topological polar surface area (TPSA) is 60.2 Å². The van der Waals surface area contributed by atoms with Crippen LogP contribution in [0, 0.1) is 0 Å². The average molecular weight is 571 g/mol. The van der Waals surface area contributed by atoms with Crippen LogP contribution < -0.4 is 15.9 Å². The molecule has 0 saturated carbocycles. The Morgan fingerprint density at radius 1 is 0.512 bits per heavy atom. The van der Waals surface area contributed by atoms with E-state index in [2.05, 4.69) is 45.8 Å². The first-order valence-corrected chi connectivity index (χ1v) is 15.9. The summed E-state index contributed by atoms with van der Waals surface area (Å²) >= 11 is 0. The van der Waals surface area contributed by atoms with Gasteiger partial charge in [0.1, 0.15) is 5.65 Å². The first-order valence-electron chi connectivity index (χ1n) is 14.2. The van der Waals surface area contributed by atoms with E-state index in [4.69, 9.17) is 9.97 Å². The van der Waals surface area contributed by atoms with Crippen molar-refractivity contribution in [2.24, 2.45) is 0 Å². The second kappa shape index (κ2) is 9.06. The Balaban J connectivity index is 1.36. The van der Waals surface area contributed by atoms with Crippen molar-refractivity contribution in [3.63, 3.8) is 0 Å². The average Bonchev–Trinajstić information content (AvgIpc) is 3.47. The Hall–Kier alpha value is -5.38. The summed E-state index contributed by atoms with van der Waals surface area (Å²) in [6.07, 6.45) is 1.77. The fourth-order valence-corrected chi connectivity index (χ4v) is 9.05. The molecule has 5 aromatic carbocycles. The molecule has 0 spiro atoms. The van der Waals surface area contributed by atoms with Crippen LogP contribution in [0.3, 0.4) is 0 Å². The van der Waals surface area contributed by atoms with Crippen LogP contribution in [0.2, 0.25) is 0 Å². The Kier molecular flexibility index (Phi) is 5.11. The smallest absolute Gasteiger partial charge is 0.171 e. The van der Waals surface area contributed by atoms with Crippen molar-refractivity contribution in [3.05, 3.63) is 140 Å². The Morgan fingerprint density at radius 2 is 1.26 bits per heavy atom. The second-order valence-electron chi connectivity index (χ2n) is 10.9. The van der Waals surface area contributed by atoms with E-state index in [1.54, 1.807) is 6.20 Å². The molecule has 6 heteroatoms. The molecule has 0 aliphatic rings. The number of aromatic nitrogens is 4. The van der Waals surface area contributed by atoms with Gasteiger partial charge in [0.05, 0.1) is 33.1 Å². The van der Waals surface area contributed by atoms with Crippen molar-refractivity contribution >= 4 is 83.3 Å². The van der Waals surface area contributed by atoms with Crippen molar-refractivity contribution in [2.75, 3.05) is 0 Å². The van der Waals surface area contributed by atoms with Crippen molar-refractivity contribution in [2.45, 2.75) is 0 Å². The molecule has 0 aliphatic heterocycles. The van der Waals surface area contributed by atoms with Crippen LogP contribution in [-0.4, -0.2) is 19.4 Å². The standard InChI is InChI=1S/C37H23N4OP/c42-43(26-11-2-1-3-12-26,27-17-16-24-10-8-20-38-32(24)22-27)28-18-19-35-33(23-28)40-37-30-21-25-9-4-6-14-31(25)39-36(30)29-13-5-7-15-34(29)41(35)37/h1-23H. The predicted octanol–water partition coefficient (Wildman–Crippen LogP) is 7.53. The van der Waals surface area contributed by atoms with Gasteiger partial charge in [-0.05, 0) is 48.5 Å². The van der Waals surface area contributed by atoms with E-state index in [0.29, 0.717) is 0 Å². The van der Waals surface area contributed by atoms with E-state index in [0.717, 1.165) is 76.2 Å². The third-order valence-electron chi connectivity index (χ3n) is 8.44. The van der Waals surface area contributed by atoms with Gasteiger partial charge in [0, 0.05) is 43.7 Å². The number of para-hydroxylation sites is 2. The van der Waals surface area contributed by atoms with Crippen molar-refractivity contribution in [1.29, 1.82) is 0 Å². The van der Waals surface area contributed by atoms with Crippen LogP contribution in [0.15, 0.2) is 140 Å². The molecule has 1 atom stereocenters. The lowest BCUT2D eigenvalue weighted by molar-refractivity contribution is 0.592. The third-order valence-corrected chi connectivity index (χ3v) is 11.5. The molecule has 0 radical (unpaired) electrons. The number of pyridine rings is 3. The highest BCUT2D eigenvalue weighted by Gasteiger charge is 2.31. The highest BCUT2D eigenvalue weighted by atomic mass is 31.2. The third kappa shape index (κ3) is 3.52. The SMILES string of the molecule is O=P(c1ccccc1)(c1ccc2cccnc2c1)c1ccc2c(c1)nc1c3cc4ccccc4nc3c3ccccc3n21. The molecular weight excluding hydrogens is 547 g/mol. The largest absolute Gasteiger partial charge is 0.309 e. The van der Waals surface area contributed by atoms with E-state index in [1.807, 2.05) is 97.1 Å². The molecule has 9 rings (SSSR count). The summed E-state index contributed by atoms with van der Waals surface area (Å²) in [7, 11) is -3.26. The number of hydrogen-bond donors (Lipinski definition) is 0. The summed E-state index contributed by atoms with van der Waals surface area (Å²) in [6.45, 7) is 0. The Morgan fingerprint density at radius 3 is 2.16 bits per heavy atom. The summed E-state index contributed by atoms with van der Waals surface area (Å²) in [6, 6.07) is 44.4. The number of benzene rings is 5. The minimum atomic E-state index is -3.26. The quantitative estimate of drug-likeness (QED) is 0.125. The lowest BCUT2D eigenvalue weighted by Crippen LogP contribution is -2.25. The maximum atomic E-state index is 15.4. The van der Waals surface area contributed by atoms with E-state index in [-0.39, 0.29) is 0 Å². The molecule has 1 unspecified atom stereocenters. The van der Waals surface area contributed by atoms with Crippen LogP contribution in [0.1, 0.15) is 0 Å². The fraction of sp³-hybridized carbons (Fsp3) is 0. The van der Waals surface area contributed by atoms with Gasteiger partial charge in [-0.25, -0.2) is 9.97 Å². The molecular formula is C37H23N4OP. The number of imidazole rings is 1. The van der Waals surface area contributed by atoms with Crippen molar-refractivity contribution < 1.29 is 4.57 Å². The molecule has 4 heterocycles. The zero-order chi connectivity index (χ0) is 28.5. The second-order valence-corrected chi connectivity index (χ2v) is 13.6. The molecule has 0 N–H and O–H groups in total. The van der Waals surface area contributed by atoms with Gasteiger partial charge in [-0.15, -0.1) is 0 Å². The molecule has 0 bridgehead atoms. The zero-order valence-electron chi connectivity index (χ0n) is 22.9. The summed E-state index contributed by atoms with van der Waals surface area (Å²) in [5.74, 6) is 0. The summed E-state index contributed by atoms with van der Waals surface area (Å²) in [5, 5.41) is 6.40. The maximum Gasteiger partial charge on any atom is 0.171 e. The maximum absolute atomic E-state index is 15.4. The molecule has 9 aromatic rings. The molecule has 5 nitrogen and oxygen atoms in total. The van der Waals surface area contributed by atoms with Gasteiger partial charge in [0.2, 0.25) is 0 Å². The van der Waals surface area contributed by atoms with E-state index >= 15 is 4.57 Å². The number of hydrogen-bond acceptors (Lipinski definition) is 4. The first-order chi connectivity index (χ1) is 21.2. The van der Waals surface area contributed by atoms with Gasteiger partial charge in [0.25, 0.3) is 0 Å². The van der Waals surface area contributed by atoms with Gasteiger partial charge >= 0.3 is 0 Å². The zero-order valence-corrected chi connectivity index (χ0v) is 23.8. The number of fused-ring (bicyclic) bond motifs is 10. The van der Waals surface area contributed by atoms with Crippen molar-refractivity contribution in [1.82, 2.24) is 19.4 Å².